The summed E-state index contributed by atoms with van der Waals surface area (Å²) in [5.74, 6) is 0. The second kappa shape index (κ2) is 5.40. The minimum absolute atomic E-state index is 0.145. The summed E-state index contributed by atoms with van der Waals surface area (Å²) >= 11 is 0. The summed E-state index contributed by atoms with van der Waals surface area (Å²) in [6.07, 6.45) is 4.34. The molecule has 0 spiro atoms. The van der Waals surface area contributed by atoms with Crippen molar-refractivity contribution in [2.75, 3.05) is 0 Å². The van der Waals surface area contributed by atoms with Gasteiger partial charge in [0.1, 0.15) is 0 Å². The Balaban J connectivity index is 3.30. The average molecular weight is 253 g/mol. The van der Waals surface area contributed by atoms with E-state index in [0.717, 1.165) is 5.56 Å². The van der Waals surface area contributed by atoms with Crippen molar-refractivity contribution in [2.45, 2.75) is 64.8 Å². The molecule has 0 saturated heterocycles. The highest BCUT2D eigenvalue weighted by Crippen LogP contribution is 2.42. The molecule has 1 rings (SSSR count). The lowest BCUT2D eigenvalue weighted by Gasteiger charge is -2.44. The summed E-state index contributed by atoms with van der Waals surface area (Å²) in [6.45, 7) is 14.3. The average Bonchev–Trinajstić information content (AvgIpc) is 2.65. The molecule has 0 aliphatic rings. The van der Waals surface area contributed by atoms with E-state index in [1.807, 2.05) is 0 Å². The molecule has 0 fully saturated rings. The second-order valence-electron chi connectivity index (χ2n) is 5.94. The van der Waals surface area contributed by atoms with Gasteiger partial charge in [-0.2, -0.15) is 0 Å². The molecule has 1 aromatic rings. The van der Waals surface area contributed by atoms with Crippen LogP contribution in [0, 0.1) is 0 Å². The molecular weight excluding hydrogens is 226 g/mol. The molecule has 0 amide bonds. The Bertz CT molecular complexity index is 333. The molecule has 1 N–H and O–H groups in total. The van der Waals surface area contributed by atoms with E-state index in [1.165, 1.54) is 0 Å². The summed E-state index contributed by atoms with van der Waals surface area (Å²) in [5.41, 5.74) is 3.12. The minimum atomic E-state index is -1.59. The van der Waals surface area contributed by atoms with Gasteiger partial charge in [0.05, 0.1) is 6.61 Å². The smallest absolute Gasteiger partial charge is 0.168 e. The van der Waals surface area contributed by atoms with Crippen LogP contribution >= 0.6 is 0 Å². The Kier molecular flexibility index (Phi) is 4.61. The van der Waals surface area contributed by atoms with Crippen LogP contribution < -0.4 is 0 Å². The van der Waals surface area contributed by atoms with Crippen molar-refractivity contribution in [3.05, 3.63) is 24.0 Å². The molecule has 98 valence electrons. The molecule has 0 atom stereocenters. The fourth-order valence-electron chi connectivity index (χ4n) is 3.67. The van der Waals surface area contributed by atoms with E-state index >= 15 is 0 Å². The zero-order valence-electron chi connectivity index (χ0n) is 12.1. The molecule has 0 bridgehead atoms. The van der Waals surface area contributed by atoms with Crippen molar-refractivity contribution in [3.63, 3.8) is 0 Å². The van der Waals surface area contributed by atoms with Crippen LogP contribution in [-0.2, 0) is 6.61 Å². The van der Waals surface area contributed by atoms with Crippen molar-refractivity contribution in [2.24, 2.45) is 0 Å². The van der Waals surface area contributed by atoms with Crippen LogP contribution in [0.3, 0.4) is 0 Å². The molecule has 17 heavy (non-hydrogen) atoms. The van der Waals surface area contributed by atoms with E-state index in [2.05, 4.69) is 64.2 Å². The van der Waals surface area contributed by atoms with Gasteiger partial charge < -0.3 is 9.34 Å². The van der Waals surface area contributed by atoms with Crippen LogP contribution in [0.4, 0.5) is 0 Å². The van der Waals surface area contributed by atoms with Crippen molar-refractivity contribution in [1.29, 1.82) is 0 Å². The highest BCUT2D eigenvalue weighted by atomic mass is 28.3. The van der Waals surface area contributed by atoms with Gasteiger partial charge in [0.2, 0.25) is 0 Å². The highest BCUT2D eigenvalue weighted by molar-refractivity contribution is 6.82. The van der Waals surface area contributed by atoms with Crippen molar-refractivity contribution >= 4 is 8.24 Å². The number of nitrogens with zero attached hydrogens (tertiary/aromatic N) is 1. The van der Waals surface area contributed by atoms with Crippen molar-refractivity contribution in [3.8, 4) is 0 Å². The lowest BCUT2D eigenvalue weighted by molar-refractivity contribution is 0.282. The maximum atomic E-state index is 9.23. The zero-order valence-corrected chi connectivity index (χ0v) is 13.1. The first-order chi connectivity index (χ1) is 7.87. The Morgan fingerprint density at radius 3 is 1.82 bits per heavy atom. The van der Waals surface area contributed by atoms with Gasteiger partial charge in [-0.05, 0) is 34.5 Å². The molecular formula is C14H27NOSi. The van der Waals surface area contributed by atoms with Crippen LogP contribution in [-0.4, -0.2) is 17.6 Å². The number of aromatic nitrogens is 1. The molecule has 1 heterocycles. The SMILES string of the molecule is CC(C)[Si](C(C)C)(C(C)C)n1ccc(CO)c1. The zero-order chi connectivity index (χ0) is 13.2. The van der Waals surface area contributed by atoms with Crippen LogP contribution in [0.1, 0.15) is 47.1 Å². The lowest BCUT2D eigenvalue weighted by atomic mass is 10.4. The summed E-state index contributed by atoms with van der Waals surface area (Å²) in [5, 5.41) is 9.23. The third kappa shape index (κ3) is 2.36. The van der Waals surface area contributed by atoms with Gasteiger partial charge in [-0.3, -0.25) is 0 Å². The van der Waals surface area contributed by atoms with Gasteiger partial charge in [-0.15, -0.1) is 0 Å². The molecule has 3 heteroatoms. The fourth-order valence-corrected chi connectivity index (χ4v) is 10.2. The van der Waals surface area contributed by atoms with Crippen molar-refractivity contribution in [1.82, 2.24) is 4.23 Å². The lowest BCUT2D eigenvalue weighted by Crippen LogP contribution is -2.51. The molecule has 0 unspecified atom stereocenters. The number of rotatable bonds is 5. The van der Waals surface area contributed by atoms with E-state index in [0.29, 0.717) is 16.6 Å². The van der Waals surface area contributed by atoms with E-state index in [4.69, 9.17) is 0 Å². The van der Waals surface area contributed by atoms with Crippen molar-refractivity contribution < 1.29 is 5.11 Å². The summed E-state index contributed by atoms with van der Waals surface area (Å²) in [7, 11) is -1.59. The maximum absolute atomic E-state index is 9.23. The largest absolute Gasteiger partial charge is 0.392 e. The molecule has 0 aliphatic heterocycles. The standard InChI is InChI=1S/C14H27NOSi/c1-11(2)17(12(3)4,13(5)6)15-8-7-14(9-15)10-16/h7-9,11-13,16H,10H2,1-6H3. The van der Waals surface area contributed by atoms with Gasteiger partial charge in [0.25, 0.3) is 0 Å². The summed E-state index contributed by atoms with van der Waals surface area (Å²) in [4.78, 5) is 0. The van der Waals surface area contributed by atoms with Crippen LogP contribution in [0.15, 0.2) is 18.5 Å². The van der Waals surface area contributed by atoms with Crippen LogP contribution in [0.2, 0.25) is 16.6 Å². The molecule has 2 nitrogen and oxygen atoms in total. The highest BCUT2D eigenvalue weighted by Gasteiger charge is 2.44. The third-order valence-electron chi connectivity index (χ3n) is 4.16. The maximum Gasteiger partial charge on any atom is 0.168 e. The van der Waals surface area contributed by atoms with E-state index in [9.17, 15) is 5.11 Å². The number of aliphatic hydroxyl groups is 1. The van der Waals surface area contributed by atoms with E-state index < -0.39 is 8.24 Å². The molecule has 1 aromatic heterocycles. The summed E-state index contributed by atoms with van der Waals surface area (Å²) in [6, 6.07) is 2.05. The Labute approximate surface area is 107 Å². The van der Waals surface area contributed by atoms with Gasteiger partial charge >= 0.3 is 0 Å². The van der Waals surface area contributed by atoms with Gasteiger partial charge in [-0.25, -0.2) is 0 Å². The summed E-state index contributed by atoms with van der Waals surface area (Å²) < 4.78 is 2.46. The van der Waals surface area contributed by atoms with Crippen LogP contribution in [0.5, 0.6) is 0 Å². The Hall–Kier alpha value is -0.543. The van der Waals surface area contributed by atoms with Gasteiger partial charge in [-0.1, -0.05) is 41.5 Å². The first kappa shape index (κ1) is 14.5. The predicted octanol–water partition coefficient (Wildman–Crippen LogP) is 4.00. The van der Waals surface area contributed by atoms with Gasteiger partial charge in [0.15, 0.2) is 8.24 Å². The van der Waals surface area contributed by atoms with Gasteiger partial charge in [0, 0.05) is 6.20 Å². The molecule has 0 aromatic carbocycles. The third-order valence-corrected chi connectivity index (χ3v) is 10.9. The number of aliphatic hydroxyl groups excluding tert-OH is 1. The van der Waals surface area contributed by atoms with E-state index in [1.54, 1.807) is 0 Å². The van der Waals surface area contributed by atoms with Crippen LogP contribution in [0.25, 0.3) is 0 Å². The number of hydrogen-bond donors (Lipinski definition) is 1. The Morgan fingerprint density at radius 2 is 1.53 bits per heavy atom. The first-order valence-corrected chi connectivity index (χ1v) is 8.83. The molecule has 0 radical (unpaired) electrons. The predicted molar refractivity (Wildman–Crippen MR) is 76.8 cm³/mol. The minimum Gasteiger partial charge on any atom is -0.392 e. The normalized spacial score (nSPS) is 13.1. The monoisotopic (exact) mass is 253 g/mol. The second-order valence-corrected chi connectivity index (χ2v) is 11.7. The topological polar surface area (TPSA) is 25.2 Å². The molecule has 0 aliphatic carbocycles. The molecule has 0 saturated carbocycles. The fraction of sp³-hybridized carbons (Fsp3) is 0.714. The quantitative estimate of drug-likeness (QED) is 0.788. The Morgan fingerprint density at radius 1 is 1.06 bits per heavy atom. The number of hydrogen-bond acceptors (Lipinski definition) is 1. The van der Waals surface area contributed by atoms with E-state index in [-0.39, 0.29) is 6.61 Å². The first-order valence-electron chi connectivity index (χ1n) is 6.65.